The van der Waals surface area contributed by atoms with Crippen molar-refractivity contribution in [3.63, 3.8) is 0 Å². The number of carbonyl (C=O) groups is 2. The van der Waals surface area contributed by atoms with Gasteiger partial charge in [-0.05, 0) is 67.3 Å². The third-order valence-corrected chi connectivity index (χ3v) is 5.84. The summed E-state index contributed by atoms with van der Waals surface area (Å²) in [5.74, 6) is -0.348. The first-order valence-corrected chi connectivity index (χ1v) is 11.0. The number of hydrogen-bond donors (Lipinski definition) is 0. The second kappa shape index (κ2) is 9.77. The Morgan fingerprint density at radius 3 is 2.25 bits per heavy atom. The van der Waals surface area contributed by atoms with Gasteiger partial charge in [0.2, 0.25) is 5.91 Å². The van der Waals surface area contributed by atoms with Crippen LogP contribution >= 0.6 is 0 Å². The molecular weight excluding hydrogens is 403 g/mol. The first kappa shape index (κ1) is 21.8. The molecule has 4 nitrogen and oxygen atoms in total. The molecule has 0 spiro atoms. The summed E-state index contributed by atoms with van der Waals surface area (Å²) in [5.41, 5.74) is 3.97. The summed E-state index contributed by atoms with van der Waals surface area (Å²) in [5, 5.41) is 0. The highest BCUT2D eigenvalue weighted by Crippen LogP contribution is 2.22. The fraction of sp³-hybridized carbons (Fsp3) is 0.259. The lowest BCUT2D eigenvalue weighted by Gasteiger charge is -2.24. The Morgan fingerprint density at radius 1 is 0.906 bits per heavy atom. The van der Waals surface area contributed by atoms with Gasteiger partial charge in [-0.2, -0.15) is 0 Å². The van der Waals surface area contributed by atoms with Crippen molar-refractivity contribution in [2.45, 2.75) is 32.7 Å². The predicted octanol–water partition coefficient (Wildman–Crippen LogP) is 5.15. The van der Waals surface area contributed by atoms with Crippen molar-refractivity contribution in [1.29, 1.82) is 0 Å². The first-order chi connectivity index (χ1) is 15.5. The van der Waals surface area contributed by atoms with E-state index in [9.17, 15) is 14.0 Å². The lowest BCUT2D eigenvalue weighted by molar-refractivity contribution is -0.129. The second-order valence-corrected chi connectivity index (χ2v) is 8.32. The SMILES string of the molecule is Cc1ccc(C(=O)N(Cc2cccc(F)c2)c2ccc(CC(=O)N3CCCC3)cc2)cc1. The summed E-state index contributed by atoms with van der Waals surface area (Å²) in [4.78, 5) is 29.4. The molecule has 0 aromatic heterocycles. The van der Waals surface area contributed by atoms with Crippen LogP contribution in [0.25, 0.3) is 0 Å². The zero-order chi connectivity index (χ0) is 22.5. The number of amides is 2. The van der Waals surface area contributed by atoms with E-state index in [-0.39, 0.29) is 24.2 Å². The van der Waals surface area contributed by atoms with Crippen LogP contribution in [0.2, 0.25) is 0 Å². The van der Waals surface area contributed by atoms with E-state index < -0.39 is 0 Å². The van der Waals surface area contributed by atoms with Gasteiger partial charge in [0.15, 0.2) is 0 Å². The average molecular weight is 431 g/mol. The van der Waals surface area contributed by atoms with Gasteiger partial charge >= 0.3 is 0 Å². The van der Waals surface area contributed by atoms with Crippen molar-refractivity contribution >= 4 is 17.5 Å². The molecule has 164 valence electrons. The Labute approximate surface area is 188 Å². The first-order valence-electron chi connectivity index (χ1n) is 11.0. The van der Waals surface area contributed by atoms with E-state index in [1.165, 1.54) is 12.1 Å². The molecule has 4 rings (SSSR count). The Morgan fingerprint density at radius 2 is 1.59 bits per heavy atom. The van der Waals surface area contributed by atoms with E-state index in [1.54, 1.807) is 23.1 Å². The van der Waals surface area contributed by atoms with Crippen molar-refractivity contribution in [3.8, 4) is 0 Å². The maximum atomic E-state index is 13.8. The third kappa shape index (κ3) is 5.22. The molecule has 0 radical (unpaired) electrons. The van der Waals surface area contributed by atoms with Crippen LogP contribution in [0, 0.1) is 12.7 Å². The molecule has 0 saturated carbocycles. The second-order valence-electron chi connectivity index (χ2n) is 8.32. The van der Waals surface area contributed by atoms with Gasteiger partial charge in [0, 0.05) is 24.3 Å². The van der Waals surface area contributed by atoms with Crippen molar-refractivity contribution < 1.29 is 14.0 Å². The molecule has 1 aliphatic heterocycles. The predicted molar refractivity (Wildman–Crippen MR) is 124 cm³/mol. The molecular formula is C27H27FN2O2. The number of anilines is 1. The van der Waals surface area contributed by atoms with Crippen LogP contribution in [0.5, 0.6) is 0 Å². The third-order valence-electron chi connectivity index (χ3n) is 5.84. The number of carbonyl (C=O) groups excluding carboxylic acids is 2. The molecule has 0 atom stereocenters. The maximum Gasteiger partial charge on any atom is 0.258 e. The van der Waals surface area contributed by atoms with E-state index in [0.29, 0.717) is 23.2 Å². The van der Waals surface area contributed by atoms with Crippen LogP contribution in [0.1, 0.15) is 39.9 Å². The lowest BCUT2D eigenvalue weighted by Crippen LogP contribution is -2.30. The Bertz CT molecular complexity index is 1090. The van der Waals surface area contributed by atoms with Gasteiger partial charge in [-0.15, -0.1) is 0 Å². The standard InChI is InChI=1S/C27H27FN2O2/c1-20-7-11-23(12-8-20)27(32)30(19-22-5-4-6-24(28)17-22)25-13-9-21(10-14-25)18-26(31)29-15-2-3-16-29/h4-14,17H,2-3,15-16,18-19H2,1H3. The molecule has 32 heavy (non-hydrogen) atoms. The Kier molecular flexibility index (Phi) is 6.64. The van der Waals surface area contributed by atoms with E-state index in [1.807, 2.05) is 54.3 Å². The molecule has 0 unspecified atom stereocenters. The molecule has 1 heterocycles. The van der Waals surface area contributed by atoms with Gasteiger partial charge in [-0.25, -0.2) is 4.39 Å². The van der Waals surface area contributed by atoms with E-state index >= 15 is 0 Å². The van der Waals surface area contributed by atoms with Gasteiger partial charge in [-0.3, -0.25) is 9.59 Å². The van der Waals surface area contributed by atoms with Crippen LogP contribution < -0.4 is 4.90 Å². The number of likely N-dealkylation sites (tertiary alicyclic amines) is 1. The van der Waals surface area contributed by atoms with Gasteiger partial charge < -0.3 is 9.80 Å². The molecule has 5 heteroatoms. The average Bonchev–Trinajstić information content (AvgIpc) is 3.34. The van der Waals surface area contributed by atoms with Crippen LogP contribution in [-0.2, 0) is 17.8 Å². The van der Waals surface area contributed by atoms with Crippen molar-refractivity contribution in [2.75, 3.05) is 18.0 Å². The molecule has 3 aromatic carbocycles. The van der Waals surface area contributed by atoms with Crippen molar-refractivity contribution in [3.05, 3.63) is 101 Å². The summed E-state index contributed by atoms with van der Waals surface area (Å²) in [6, 6.07) is 21.2. The molecule has 0 aliphatic carbocycles. The van der Waals surface area contributed by atoms with Gasteiger partial charge in [0.1, 0.15) is 5.82 Å². The maximum absolute atomic E-state index is 13.8. The number of nitrogens with zero attached hydrogens (tertiary/aromatic N) is 2. The molecule has 0 N–H and O–H groups in total. The van der Waals surface area contributed by atoms with Crippen LogP contribution in [0.4, 0.5) is 10.1 Å². The van der Waals surface area contributed by atoms with E-state index in [4.69, 9.17) is 0 Å². The molecule has 3 aromatic rings. The van der Waals surface area contributed by atoms with Gasteiger partial charge in [0.25, 0.3) is 5.91 Å². The zero-order valence-electron chi connectivity index (χ0n) is 18.3. The number of hydrogen-bond acceptors (Lipinski definition) is 2. The summed E-state index contributed by atoms with van der Waals surface area (Å²) in [6.45, 7) is 3.89. The highest BCUT2D eigenvalue weighted by atomic mass is 19.1. The Balaban J connectivity index is 1.57. The van der Waals surface area contributed by atoms with Gasteiger partial charge in [0.05, 0.1) is 13.0 Å². The number of rotatable bonds is 6. The van der Waals surface area contributed by atoms with Crippen molar-refractivity contribution in [2.24, 2.45) is 0 Å². The van der Waals surface area contributed by atoms with Gasteiger partial charge in [-0.1, -0.05) is 42.0 Å². The minimum absolute atomic E-state index is 0.141. The molecule has 1 saturated heterocycles. The number of halogens is 1. The fourth-order valence-corrected chi connectivity index (χ4v) is 4.00. The smallest absolute Gasteiger partial charge is 0.258 e. The van der Waals surface area contributed by atoms with E-state index in [2.05, 4.69) is 0 Å². The Hall–Kier alpha value is -3.47. The lowest BCUT2D eigenvalue weighted by atomic mass is 10.1. The molecule has 0 bridgehead atoms. The monoisotopic (exact) mass is 430 g/mol. The fourth-order valence-electron chi connectivity index (χ4n) is 4.00. The summed E-state index contributed by atoms with van der Waals surface area (Å²) < 4.78 is 13.8. The number of benzene rings is 3. The molecule has 2 amide bonds. The summed E-state index contributed by atoms with van der Waals surface area (Å²) in [7, 11) is 0. The zero-order valence-corrected chi connectivity index (χ0v) is 18.3. The summed E-state index contributed by atoms with van der Waals surface area (Å²) in [6.07, 6.45) is 2.50. The normalized spacial score (nSPS) is 13.2. The highest BCUT2D eigenvalue weighted by Gasteiger charge is 2.20. The highest BCUT2D eigenvalue weighted by molar-refractivity contribution is 6.06. The van der Waals surface area contributed by atoms with E-state index in [0.717, 1.165) is 37.1 Å². The quantitative estimate of drug-likeness (QED) is 0.543. The molecule has 1 aliphatic rings. The minimum Gasteiger partial charge on any atom is -0.342 e. The van der Waals surface area contributed by atoms with Crippen LogP contribution in [0.3, 0.4) is 0 Å². The molecule has 1 fully saturated rings. The van der Waals surface area contributed by atoms with Crippen LogP contribution in [0.15, 0.2) is 72.8 Å². The van der Waals surface area contributed by atoms with Crippen molar-refractivity contribution in [1.82, 2.24) is 4.90 Å². The minimum atomic E-state index is -0.332. The summed E-state index contributed by atoms with van der Waals surface area (Å²) >= 11 is 0. The largest absolute Gasteiger partial charge is 0.342 e. The topological polar surface area (TPSA) is 40.6 Å². The van der Waals surface area contributed by atoms with Crippen LogP contribution in [-0.4, -0.2) is 29.8 Å². The number of aryl methyl sites for hydroxylation is 1.